The second-order valence-corrected chi connectivity index (χ2v) is 1.98. The highest BCUT2D eigenvalue weighted by Crippen LogP contribution is 2.06. The Morgan fingerprint density at radius 1 is 1.33 bits per heavy atom. The average Bonchev–Trinajstić information content (AvgIpc) is 2.08. The number of para-hydroxylation sites is 1. The zero-order valence-electron chi connectivity index (χ0n) is 7.49. The first-order chi connectivity index (χ1) is 5.85. The molecule has 0 saturated heterocycles. The Labute approximate surface area is 73.2 Å². The molecule has 2 heteroatoms. The molecule has 0 spiro atoms. The topological polar surface area (TPSA) is 26.3 Å². The molecule has 0 saturated carbocycles. The molecule has 0 aliphatic heterocycles. The summed E-state index contributed by atoms with van der Waals surface area (Å²) in [6.07, 6.45) is 0.750. The number of hydrogen-bond acceptors (Lipinski definition) is 2. The van der Waals surface area contributed by atoms with Gasteiger partial charge in [-0.15, -0.1) is 0 Å². The molecule has 1 aromatic rings. The maximum Gasteiger partial charge on any atom is 0.119 e. The van der Waals surface area contributed by atoms with Crippen LogP contribution in [0.25, 0.3) is 0 Å². The second-order valence-electron chi connectivity index (χ2n) is 1.98. The lowest BCUT2D eigenvalue weighted by Crippen LogP contribution is -1.89. The SMILES string of the molecule is CC=O.CCOc1ccccc1. The molecule has 2 nitrogen and oxygen atoms in total. The first kappa shape index (κ1) is 10.7. The van der Waals surface area contributed by atoms with Crippen LogP contribution in [-0.4, -0.2) is 12.9 Å². The van der Waals surface area contributed by atoms with Crippen molar-refractivity contribution in [3.05, 3.63) is 30.3 Å². The summed E-state index contributed by atoms with van der Waals surface area (Å²) in [4.78, 5) is 8.81. The van der Waals surface area contributed by atoms with Crippen LogP contribution in [0, 0.1) is 0 Å². The standard InChI is InChI=1S/C8H10O.C2H4O/c1-2-9-8-6-4-3-5-7-8;1-2-3/h3-7H,2H2,1H3;2H,1H3. The third-order valence-corrected chi connectivity index (χ3v) is 1.05. The van der Waals surface area contributed by atoms with Gasteiger partial charge in [0.25, 0.3) is 0 Å². The van der Waals surface area contributed by atoms with E-state index in [0.29, 0.717) is 0 Å². The molecule has 0 radical (unpaired) electrons. The Morgan fingerprint density at radius 3 is 2.25 bits per heavy atom. The molecule has 66 valence electrons. The van der Waals surface area contributed by atoms with Crippen LogP contribution in [0.4, 0.5) is 0 Å². The van der Waals surface area contributed by atoms with Gasteiger partial charge >= 0.3 is 0 Å². The van der Waals surface area contributed by atoms with Crippen molar-refractivity contribution in [3.63, 3.8) is 0 Å². The van der Waals surface area contributed by atoms with Gasteiger partial charge < -0.3 is 9.53 Å². The Hall–Kier alpha value is -1.31. The minimum atomic E-state index is 0.740. The molecule has 0 aliphatic carbocycles. The molecular weight excluding hydrogens is 152 g/mol. The number of rotatable bonds is 2. The van der Waals surface area contributed by atoms with Crippen LogP contribution in [0.1, 0.15) is 13.8 Å². The van der Waals surface area contributed by atoms with Crippen molar-refractivity contribution in [2.75, 3.05) is 6.61 Å². The fraction of sp³-hybridized carbons (Fsp3) is 0.300. The molecule has 1 rings (SSSR count). The monoisotopic (exact) mass is 166 g/mol. The van der Waals surface area contributed by atoms with Crippen molar-refractivity contribution >= 4 is 6.29 Å². The van der Waals surface area contributed by atoms with E-state index in [1.165, 1.54) is 6.92 Å². The summed E-state index contributed by atoms with van der Waals surface area (Å²) in [5.74, 6) is 0.944. The van der Waals surface area contributed by atoms with E-state index in [9.17, 15) is 0 Å². The van der Waals surface area contributed by atoms with Crippen LogP contribution in [0.15, 0.2) is 30.3 Å². The highest BCUT2D eigenvalue weighted by molar-refractivity contribution is 5.44. The highest BCUT2D eigenvalue weighted by Gasteiger charge is 1.83. The minimum Gasteiger partial charge on any atom is -0.494 e. The number of ether oxygens (including phenoxy) is 1. The molecule has 0 heterocycles. The molecule has 0 fully saturated rings. The van der Waals surface area contributed by atoms with Crippen molar-refractivity contribution in [1.82, 2.24) is 0 Å². The summed E-state index contributed by atoms with van der Waals surface area (Å²) >= 11 is 0. The minimum absolute atomic E-state index is 0.740. The lowest BCUT2D eigenvalue weighted by Gasteiger charge is -1.99. The predicted octanol–water partition coefficient (Wildman–Crippen LogP) is 2.29. The van der Waals surface area contributed by atoms with Gasteiger partial charge in [-0.05, 0) is 26.0 Å². The maximum atomic E-state index is 8.81. The molecular formula is C10H14O2. The second kappa shape index (κ2) is 7.79. The molecule has 12 heavy (non-hydrogen) atoms. The van der Waals surface area contributed by atoms with Gasteiger partial charge in [-0.2, -0.15) is 0 Å². The highest BCUT2D eigenvalue weighted by atomic mass is 16.5. The lowest BCUT2D eigenvalue weighted by molar-refractivity contribution is -0.106. The third-order valence-electron chi connectivity index (χ3n) is 1.05. The van der Waals surface area contributed by atoms with Crippen LogP contribution in [0.3, 0.4) is 0 Å². The molecule has 0 amide bonds. The molecule has 0 aliphatic rings. The average molecular weight is 166 g/mol. The van der Waals surface area contributed by atoms with Crippen molar-refractivity contribution in [2.24, 2.45) is 0 Å². The van der Waals surface area contributed by atoms with Crippen LogP contribution >= 0.6 is 0 Å². The summed E-state index contributed by atoms with van der Waals surface area (Å²) in [7, 11) is 0. The van der Waals surface area contributed by atoms with Gasteiger partial charge in [0.2, 0.25) is 0 Å². The van der Waals surface area contributed by atoms with Gasteiger partial charge in [0.15, 0.2) is 0 Å². The number of carbonyl (C=O) groups excluding carboxylic acids is 1. The van der Waals surface area contributed by atoms with Gasteiger partial charge in [-0.25, -0.2) is 0 Å². The lowest BCUT2D eigenvalue weighted by atomic mass is 10.3. The van der Waals surface area contributed by atoms with Gasteiger partial charge in [0.05, 0.1) is 6.61 Å². The summed E-state index contributed by atoms with van der Waals surface area (Å²) in [6, 6.07) is 9.80. The molecule has 0 atom stereocenters. The van der Waals surface area contributed by atoms with E-state index in [2.05, 4.69) is 0 Å². The van der Waals surface area contributed by atoms with E-state index in [4.69, 9.17) is 9.53 Å². The van der Waals surface area contributed by atoms with Crippen molar-refractivity contribution < 1.29 is 9.53 Å². The number of benzene rings is 1. The van der Waals surface area contributed by atoms with E-state index in [0.717, 1.165) is 18.6 Å². The van der Waals surface area contributed by atoms with Crippen molar-refractivity contribution in [2.45, 2.75) is 13.8 Å². The van der Waals surface area contributed by atoms with E-state index in [1.807, 2.05) is 37.3 Å². The van der Waals surface area contributed by atoms with Crippen LogP contribution < -0.4 is 4.74 Å². The zero-order chi connectivity index (χ0) is 9.23. The van der Waals surface area contributed by atoms with E-state index in [1.54, 1.807) is 0 Å². The smallest absolute Gasteiger partial charge is 0.119 e. The van der Waals surface area contributed by atoms with Gasteiger partial charge in [-0.3, -0.25) is 0 Å². The van der Waals surface area contributed by atoms with E-state index in [-0.39, 0.29) is 0 Å². The van der Waals surface area contributed by atoms with Crippen LogP contribution in [-0.2, 0) is 4.79 Å². The summed E-state index contributed by atoms with van der Waals surface area (Å²) in [5, 5.41) is 0. The predicted molar refractivity (Wildman–Crippen MR) is 49.3 cm³/mol. The largest absolute Gasteiger partial charge is 0.494 e. The molecule has 0 unspecified atom stereocenters. The van der Waals surface area contributed by atoms with Crippen LogP contribution in [0.5, 0.6) is 5.75 Å². The Balaban J connectivity index is 0.000000354. The van der Waals surface area contributed by atoms with E-state index < -0.39 is 0 Å². The quantitative estimate of drug-likeness (QED) is 0.630. The summed E-state index contributed by atoms with van der Waals surface area (Å²) in [5.41, 5.74) is 0. The Bertz CT molecular complexity index is 194. The van der Waals surface area contributed by atoms with Crippen LogP contribution in [0.2, 0.25) is 0 Å². The maximum absolute atomic E-state index is 8.81. The summed E-state index contributed by atoms with van der Waals surface area (Å²) < 4.78 is 5.21. The molecule has 0 N–H and O–H groups in total. The third kappa shape index (κ3) is 5.47. The van der Waals surface area contributed by atoms with Crippen molar-refractivity contribution in [3.8, 4) is 5.75 Å². The zero-order valence-corrected chi connectivity index (χ0v) is 7.49. The number of hydrogen-bond donors (Lipinski definition) is 0. The Kier molecular flexibility index (Phi) is 6.94. The first-order valence-corrected chi connectivity index (χ1v) is 3.92. The molecule has 1 aromatic carbocycles. The number of aldehydes is 1. The molecule has 0 aromatic heterocycles. The van der Waals surface area contributed by atoms with Crippen molar-refractivity contribution in [1.29, 1.82) is 0 Å². The van der Waals surface area contributed by atoms with Gasteiger partial charge in [0, 0.05) is 0 Å². The normalized spacial score (nSPS) is 7.83. The van der Waals surface area contributed by atoms with E-state index >= 15 is 0 Å². The molecule has 0 bridgehead atoms. The fourth-order valence-corrected chi connectivity index (χ4v) is 0.683. The van der Waals surface area contributed by atoms with Gasteiger partial charge in [-0.1, -0.05) is 18.2 Å². The first-order valence-electron chi connectivity index (χ1n) is 3.92. The fourth-order valence-electron chi connectivity index (χ4n) is 0.683. The summed E-state index contributed by atoms with van der Waals surface area (Å²) in [6.45, 7) is 4.16. The Morgan fingerprint density at radius 2 is 1.83 bits per heavy atom. The number of carbonyl (C=O) groups is 1. The van der Waals surface area contributed by atoms with Gasteiger partial charge in [0.1, 0.15) is 12.0 Å².